The number of aromatic nitrogens is 3. The highest BCUT2D eigenvalue weighted by atomic mass is 16.6. The van der Waals surface area contributed by atoms with Crippen LogP contribution in [0.1, 0.15) is 32.0 Å². The first-order chi connectivity index (χ1) is 14.4. The van der Waals surface area contributed by atoms with E-state index in [1.165, 1.54) is 0 Å². The van der Waals surface area contributed by atoms with Gasteiger partial charge < -0.3 is 14.7 Å². The van der Waals surface area contributed by atoms with E-state index in [2.05, 4.69) is 4.98 Å². The maximum absolute atomic E-state index is 12.7. The van der Waals surface area contributed by atoms with E-state index in [4.69, 9.17) is 9.84 Å². The van der Waals surface area contributed by atoms with E-state index in [1.807, 2.05) is 61.9 Å². The number of nitrogens with zero attached hydrogens (tertiary/aromatic N) is 4. The molecule has 0 radical (unpaired) electrons. The van der Waals surface area contributed by atoms with Crippen LogP contribution in [0.5, 0.6) is 0 Å². The molecular formula is C23H26N4O3. The van der Waals surface area contributed by atoms with Crippen molar-refractivity contribution in [1.29, 1.82) is 0 Å². The Labute approximate surface area is 175 Å². The van der Waals surface area contributed by atoms with Gasteiger partial charge in [-0.25, -0.2) is 4.79 Å². The van der Waals surface area contributed by atoms with Crippen molar-refractivity contribution in [2.45, 2.75) is 46.1 Å². The monoisotopic (exact) mass is 406 g/mol. The number of hydrogen-bond donors (Lipinski definition) is 1. The molecule has 0 atom stereocenters. The number of aliphatic hydroxyl groups is 1. The maximum atomic E-state index is 12.7. The van der Waals surface area contributed by atoms with Gasteiger partial charge in [0.05, 0.1) is 25.4 Å². The topological polar surface area (TPSA) is 80.5 Å². The number of hydrogen-bond acceptors (Lipinski definition) is 5. The lowest BCUT2D eigenvalue weighted by Crippen LogP contribution is -2.41. The van der Waals surface area contributed by atoms with Crippen LogP contribution in [-0.2, 0) is 24.4 Å². The first-order valence-electron chi connectivity index (χ1n) is 10.0. The molecular weight excluding hydrogens is 380 g/mol. The Hall–Kier alpha value is -3.19. The predicted octanol–water partition coefficient (Wildman–Crippen LogP) is 3.86. The fourth-order valence-electron chi connectivity index (χ4n) is 3.64. The smallest absolute Gasteiger partial charge is 0.410 e. The van der Waals surface area contributed by atoms with Crippen LogP contribution >= 0.6 is 0 Å². The summed E-state index contributed by atoms with van der Waals surface area (Å²) in [6, 6.07) is 11.6. The number of carbonyl (C=O) groups excluding carboxylic acids is 1. The molecule has 3 heterocycles. The zero-order chi connectivity index (χ0) is 21.3. The van der Waals surface area contributed by atoms with Crippen molar-refractivity contribution in [3.63, 3.8) is 0 Å². The van der Waals surface area contributed by atoms with E-state index >= 15 is 0 Å². The van der Waals surface area contributed by atoms with Gasteiger partial charge in [-0.2, -0.15) is 5.10 Å². The van der Waals surface area contributed by atoms with Crippen molar-refractivity contribution >= 4 is 6.09 Å². The molecule has 0 spiro atoms. The summed E-state index contributed by atoms with van der Waals surface area (Å²) in [7, 11) is 0. The van der Waals surface area contributed by atoms with Crippen LogP contribution in [0.15, 0.2) is 48.8 Å². The summed E-state index contributed by atoms with van der Waals surface area (Å²) < 4.78 is 7.55. The van der Waals surface area contributed by atoms with Crippen molar-refractivity contribution in [3.8, 4) is 22.4 Å². The lowest BCUT2D eigenvalue weighted by Gasteiger charge is -2.30. The zero-order valence-electron chi connectivity index (χ0n) is 17.5. The van der Waals surface area contributed by atoms with Gasteiger partial charge in [0.2, 0.25) is 0 Å². The minimum Gasteiger partial charge on any atom is -0.444 e. The molecule has 1 aromatic carbocycles. The minimum atomic E-state index is -0.543. The van der Waals surface area contributed by atoms with Crippen LogP contribution in [0, 0.1) is 0 Å². The van der Waals surface area contributed by atoms with Gasteiger partial charge in [0.15, 0.2) is 0 Å². The molecule has 0 fully saturated rings. The third kappa shape index (κ3) is 4.07. The fourth-order valence-corrected chi connectivity index (χ4v) is 3.64. The van der Waals surface area contributed by atoms with Crippen LogP contribution in [0.3, 0.4) is 0 Å². The lowest BCUT2D eigenvalue weighted by molar-refractivity contribution is 0.0195. The number of amides is 1. The molecule has 1 aliphatic rings. The second kappa shape index (κ2) is 7.91. The van der Waals surface area contributed by atoms with Gasteiger partial charge in [-0.3, -0.25) is 9.67 Å². The number of fused-ring (bicyclic) bond motifs is 1. The Bertz CT molecular complexity index is 1050. The largest absolute Gasteiger partial charge is 0.444 e. The molecule has 7 nitrogen and oxygen atoms in total. The van der Waals surface area contributed by atoms with E-state index in [-0.39, 0.29) is 12.7 Å². The molecule has 0 bridgehead atoms. The Morgan fingerprint density at radius 2 is 1.90 bits per heavy atom. The standard InChI is InChI=1S/C23H26N4O3/c1-23(2,3)30-22(29)26-11-12-27-19(14-26)20(17-7-9-24-10-8-17)21(25-27)18-6-4-5-16(13-18)15-28/h4-10,13,28H,11-12,14-15H2,1-3H3. The highest BCUT2D eigenvalue weighted by Crippen LogP contribution is 2.36. The predicted molar refractivity (Wildman–Crippen MR) is 113 cm³/mol. The number of benzene rings is 1. The van der Waals surface area contributed by atoms with Crippen LogP contribution in [0.4, 0.5) is 4.79 Å². The highest BCUT2D eigenvalue weighted by molar-refractivity contribution is 5.83. The second-order valence-corrected chi connectivity index (χ2v) is 8.39. The van der Waals surface area contributed by atoms with E-state index in [0.29, 0.717) is 19.6 Å². The van der Waals surface area contributed by atoms with Crippen molar-refractivity contribution in [2.75, 3.05) is 6.54 Å². The van der Waals surface area contributed by atoms with Crippen molar-refractivity contribution < 1.29 is 14.6 Å². The Kier molecular flexibility index (Phi) is 5.30. The molecule has 30 heavy (non-hydrogen) atoms. The first kappa shape index (κ1) is 20.1. The first-order valence-corrected chi connectivity index (χ1v) is 10.0. The summed E-state index contributed by atoms with van der Waals surface area (Å²) in [6.45, 7) is 7.12. The van der Waals surface area contributed by atoms with Crippen LogP contribution in [0.25, 0.3) is 22.4 Å². The number of aliphatic hydroxyl groups excluding tert-OH is 1. The van der Waals surface area contributed by atoms with Gasteiger partial charge in [0.1, 0.15) is 11.3 Å². The highest BCUT2D eigenvalue weighted by Gasteiger charge is 2.30. The average molecular weight is 406 g/mol. The molecule has 1 aliphatic heterocycles. The molecule has 2 aromatic heterocycles. The SMILES string of the molecule is CC(C)(C)OC(=O)N1CCn2nc(-c3cccc(CO)c3)c(-c3ccncc3)c2C1. The van der Waals surface area contributed by atoms with Crippen molar-refractivity contribution in [2.24, 2.45) is 0 Å². The molecule has 0 unspecified atom stereocenters. The van der Waals surface area contributed by atoms with Gasteiger partial charge in [0, 0.05) is 30.1 Å². The molecule has 3 aromatic rings. The third-order valence-corrected chi connectivity index (χ3v) is 4.98. The third-order valence-electron chi connectivity index (χ3n) is 4.98. The number of carbonyl (C=O) groups is 1. The van der Waals surface area contributed by atoms with Crippen LogP contribution < -0.4 is 0 Å². The van der Waals surface area contributed by atoms with Gasteiger partial charge in [0.25, 0.3) is 0 Å². The summed E-state index contributed by atoms with van der Waals surface area (Å²) in [4.78, 5) is 18.5. The average Bonchev–Trinajstić information content (AvgIpc) is 3.12. The summed E-state index contributed by atoms with van der Waals surface area (Å²) in [6.07, 6.45) is 3.18. The number of rotatable bonds is 3. The van der Waals surface area contributed by atoms with E-state index < -0.39 is 5.60 Å². The zero-order valence-corrected chi connectivity index (χ0v) is 17.5. The molecule has 0 saturated carbocycles. The Balaban J connectivity index is 1.79. The molecule has 0 saturated heterocycles. The number of pyridine rings is 1. The molecule has 156 valence electrons. The number of ether oxygens (including phenoxy) is 1. The normalized spacial score (nSPS) is 13.8. The minimum absolute atomic E-state index is 0.0293. The maximum Gasteiger partial charge on any atom is 0.410 e. The summed E-state index contributed by atoms with van der Waals surface area (Å²) in [5, 5.41) is 14.4. The fraction of sp³-hybridized carbons (Fsp3) is 0.348. The summed E-state index contributed by atoms with van der Waals surface area (Å²) in [5.41, 5.74) is 4.97. The van der Waals surface area contributed by atoms with Crippen LogP contribution in [-0.4, -0.2) is 43.0 Å². The molecule has 1 N–H and O–H groups in total. The summed E-state index contributed by atoms with van der Waals surface area (Å²) in [5.74, 6) is 0. The van der Waals surface area contributed by atoms with Gasteiger partial charge in [-0.15, -0.1) is 0 Å². The molecule has 7 heteroatoms. The van der Waals surface area contributed by atoms with E-state index in [1.54, 1.807) is 17.3 Å². The lowest BCUT2D eigenvalue weighted by atomic mass is 9.98. The van der Waals surface area contributed by atoms with Crippen molar-refractivity contribution in [1.82, 2.24) is 19.7 Å². The van der Waals surface area contributed by atoms with Gasteiger partial charge >= 0.3 is 6.09 Å². The van der Waals surface area contributed by atoms with Crippen LogP contribution in [0.2, 0.25) is 0 Å². The second-order valence-electron chi connectivity index (χ2n) is 8.39. The van der Waals surface area contributed by atoms with Gasteiger partial charge in [-0.05, 0) is 50.1 Å². The summed E-state index contributed by atoms with van der Waals surface area (Å²) >= 11 is 0. The quantitative estimate of drug-likeness (QED) is 0.714. The molecule has 4 rings (SSSR count). The van der Waals surface area contributed by atoms with E-state index in [9.17, 15) is 9.90 Å². The van der Waals surface area contributed by atoms with Gasteiger partial charge in [-0.1, -0.05) is 18.2 Å². The van der Waals surface area contributed by atoms with E-state index in [0.717, 1.165) is 33.6 Å². The Morgan fingerprint density at radius 1 is 1.13 bits per heavy atom. The molecule has 0 aliphatic carbocycles. The Morgan fingerprint density at radius 3 is 2.60 bits per heavy atom. The molecule has 1 amide bonds. The van der Waals surface area contributed by atoms with Crippen molar-refractivity contribution in [3.05, 3.63) is 60.0 Å².